The Hall–Kier alpha value is -2.47. The first-order chi connectivity index (χ1) is 13.6. The van der Waals surface area contributed by atoms with Gasteiger partial charge in [-0.25, -0.2) is 0 Å². The third-order valence-corrected chi connectivity index (χ3v) is 5.51. The quantitative estimate of drug-likeness (QED) is 0.531. The lowest BCUT2D eigenvalue weighted by Crippen LogP contribution is -2.48. The van der Waals surface area contributed by atoms with Gasteiger partial charge >= 0.3 is 0 Å². The standard InChI is InChI=1S/C22H27N3O2S/c26-20(14-13-16-7-2-1-3-8-16)23-22(28)25-24-21(27)15-18-11-6-10-17-9-4-5-12-19(17)18/h4-6,9-12,16H,1-3,7-8,13-15H2,(H,24,27)(H2,23,25,26,28). The van der Waals surface area contributed by atoms with Crippen LogP contribution in [0.15, 0.2) is 42.5 Å². The molecule has 0 spiro atoms. The summed E-state index contributed by atoms with van der Waals surface area (Å²) in [5, 5.41) is 4.91. The van der Waals surface area contributed by atoms with Crippen molar-refractivity contribution < 1.29 is 9.59 Å². The first-order valence-corrected chi connectivity index (χ1v) is 10.4. The van der Waals surface area contributed by atoms with E-state index in [-0.39, 0.29) is 23.3 Å². The van der Waals surface area contributed by atoms with Gasteiger partial charge in [0.25, 0.3) is 0 Å². The summed E-state index contributed by atoms with van der Waals surface area (Å²) in [7, 11) is 0. The van der Waals surface area contributed by atoms with Gasteiger partial charge in [-0.2, -0.15) is 0 Å². The number of rotatable bonds is 5. The Morgan fingerprint density at radius 2 is 1.68 bits per heavy atom. The van der Waals surface area contributed by atoms with Crippen LogP contribution in [0.25, 0.3) is 10.8 Å². The Balaban J connectivity index is 1.40. The van der Waals surface area contributed by atoms with Crippen molar-refractivity contribution in [2.75, 3.05) is 0 Å². The summed E-state index contributed by atoms with van der Waals surface area (Å²) in [5.41, 5.74) is 6.13. The largest absolute Gasteiger partial charge is 0.302 e. The molecule has 6 heteroatoms. The van der Waals surface area contributed by atoms with Gasteiger partial charge in [-0.1, -0.05) is 74.6 Å². The molecule has 0 unspecified atom stereocenters. The van der Waals surface area contributed by atoms with Gasteiger partial charge in [-0.15, -0.1) is 0 Å². The van der Waals surface area contributed by atoms with Crippen LogP contribution >= 0.6 is 12.2 Å². The van der Waals surface area contributed by atoms with Crippen molar-refractivity contribution >= 4 is 39.9 Å². The maximum absolute atomic E-state index is 12.2. The molecule has 3 N–H and O–H groups in total. The van der Waals surface area contributed by atoms with Crippen LogP contribution in [0.1, 0.15) is 50.5 Å². The summed E-state index contributed by atoms with van der Waals surface area (Å²) >= 11 is 5.10. The Kier molecular flexibility index (Phi) is 7.37. The predicted octanol–water partition coefficient (Wildman–Crippen LogP) is 3.76. The third kappa shape index (κ3) is 6.02. The zero-order chi connectivity index (χ0) is 19.8. The number of hydrazine groups is 1. The highest BCUT2D eigenvalue weighted by Gasteiger charge is 2.15. The monoisotopic (exact) mass is 397 g/mol. The van der Waals surface area contributed by atoms with Crippen molar-refractivity contribution in [3.8, 4) is 0 Å². The van der Waals surface area contributed by atoms with E-state index in [4.69, 9.17) is 12.2 Å². The highest BCUT2D eigenvalue weighted by Crippen LogP contribution is 2.27. The molecular formula is C22H27N3O2S. The lowest BCUT2D eigenvalue weighted by atomic mass is 9.86. The van der Waals surface area contributed by atoms with Crippen LogP contribution in [0.2, 0.25) is 0 Å². The molecule has 5 nitrogen and oxygen atoms in total. The first kappa shape index (κ1) is 20.3. The van der Waals surface area contributed by atoms with E-state index in [1.807, 2.05) is 42.5 Å². The van der Waals surface area contributed by atoms with E-state index < -0.39 is 0 Å². The summed E-state index contributed by atoms with van der Waals surface area (Å²) < 4.78 is 0. The second kappa shape index (κ2) is 10.2. The van der Waals surface area contributed by atoms with Gasteiger partial charge in [-0.05, 0) is 40.9 Å². The molecule has 0 radical (unpaired) electrons. The van der Waals surface area contributed by atoms with Crippen LogP contribution < -0.4 is 16.2 Å². The fourth-order valence-corrected chi connectivity index (χ4v) is 3.99. The van der Waals surface area contributed by atoms with Crippen molar-refractivity contribution in [1.29, 1.82) is 0 Å². The smallest absolute Gasteiger partial charge is 0.242 e. The van der Waals surface area contributed by atoms with Gasteiger partial charge in [0.2, 0.25) is 11.8 Å². The van der Waals surface area contributed by atoms with E-state index in [2.05, 4.69) is 16.2 Å². The van der Waals surface area contributed by atoms with Crippen molar-refractivity contribution in [3.63, 3.8) is 0 Å². The highest BCUT2D eigenvalue weighted by molar-refractivity contribution is 7.80. The number of carbonyl (C=O) groups is 2. The molecule has 3 rings (SSSR count). The summed E-state index contributed by atoms with van der Waals surface area (Å²) in [5.74, 6) is 0.336. The molecule has 28 heavy (non-hydrogen) atoms. The number of thiocarbonyl (C=S) groups is 1. The number of amides is 2. The van der Waals surface area contributed by atoms with E-state index in [9.17, 15) is 9.59 Å². The molecular weight excluding hydrogens is 370 g/mol. The number of carbonyl (C=O) groups excluding carboxylic acids is 2. The zero-order valence-corrected chi connectivity index (χ0v) is 16.8. The Labute approximate surface area is 171 Å². The van der Waals surface area contributed by atoms with Crippen LogP contribution in [-0.4, -0.2) is 16.9 Å². The Morgan fingerprint density at radius 3 is 2.50 bits per heavy atom. The minimum atomic E-state index is -0.213. The average Bonchev–Trinajstić information content (AvgIpc) is 2.72. The lowest BCUT2D eigenvalue weighted by Gasteiger charge is -2.21. The van der Waals surface area contributed by atoms with Crippen molar-refractivity contribution in [2.24, 2.45) is 5.92 Å². The summed E-state index contributed by atoms with van der Waals surface area (Å²) in [6.45, 7) is 0. The molecule has 0 saturated heterocycles. The number of benzene rings is 2. The molecule has 148 valence electrons. The van der Waals surface area contributed by atoms with Gasteiger partial charge in [0.05, 0.1) is 6.42 Å². The van der Waals surface area contributed by atoms with Gasteiger partial charge < -0.3 is 5.32 Å². The first-order valence-electron chi connectivity index (χ1n) is 9.97. The van der Waals surface area contributed by atoms with Crippen molar-refractivity contribution in [3.05, 3.63) is 48.0 Å². The average molecular weight is 398 g/mol. The Bertz CT molecular complexity index is 841. The molecule has 0 bridgehead atoms. The minimum absolute atomic E-state index is 0.105. The molecule has 0 heterocycles. The van der Waals surface area contributed by atoms with Crippen LogP contribution in [0.4, 0.5) is 0 Å². The number of fused-ring (bicyclic) bond motifs is 1. The number of nitrogens with one attached hydrogen (secondary N) is 3. The van der Waals surface area contributed by atoms with Crippen molar-refractivity contribution in [1.82, 2.24) is 16.2 Å². The summed E-state index contributed by atoms with van der Waals surface area (Å²) in [4.78, 5) is 24.3. The summed E-state index contributed by atoms with van der Waals surface area (Å²) in [6, 6.07) is 13.9. The SMILES string of the molecule is O=C(Cc1cccc2ccccc12)NNC(=S)NC(=O)CCC1CCCCC1. The molecule has 1 fully saturated rings. The van der Waals surface area contributed by atoms with Gasteiger partial charge in [0.15, 0.2) is 5.11 Å². The lowest BCUT2D eigenvalue weighted by molar-refractivity contribution is -0.122. The molecule has 2 aromatic rings. The van der Waals surface area contributed by atoms with Crippen LogP contribution in [0.5, 0.6) is 0 Å². The minimum Gasteiger partial charge on any atom is -0.302 e. The predicted molar refractivity (Wildman–Crippen MR) is 115 cm³/mol. The molecule has 0 aromatic heterocycles. The number of hydrogen-bond acceptors (Lipinski definition) is 3. The van der Waals surface area contributed by atoms with Gasteiger partial charge in [0, 0.05) is 6.42 Å². The van der Waals surface area contributed by atoms with E-state index >= 15 is 0 Å². The molecule has 0 aliphatic heterocycles. The third-order valence-electron chi connectivity index (χ3n) is 5.30. The molecule has 2 aromatic carbocycles. The second-order valence-electron chi connectivity index (χ2n) is 7.41. The zero-order valence-electron chi connectivity index (χ0n) is 16.0. The van der Waals surface area contributed by atoms with E-state index in [1.54, 1.807) is 0 Å². The molecule has 0 atom stereocenters. The highest BCUT2D eigenvalue weighted by atomic mass is 32.1. The van der Waals surface area contributed by atoms with Gasteiger partial charge in [-0.3, -0.25) is 20.4 Å². The normalized spacial score (nSPS) is 14.4. The second-order valence-corrected chi connectivity index (χ2v) is 7.82. The van der Waals surface area contributed by atoms with Gasteiger partial charge in [0.1, 0.15) is 0 Å². The Morgan fingerprint density at radius 1 is 0.929 bits per heavy atom. The van der Waals surface area contributed by atoms with E-state index in [1.165, 1.54) is 32.1 Å². The topological polar surface area (TPSA) is 70.2 Å². The van der Waals surface area contributed by atoms with E-state index in [0.29, 0.717) is 12.3 Å². The van der Waals surface area contributed by atoms with Crippen LogP contribution in [0.3, 0.4) is 0 Å². The van der Waals surface area contributed by atoms with E-state index in [0.717, 1.165) is 22.8 Å². The molecule has 1 saturated carbocycles. The maximum Gasteiger partial charge on any atom is 0.242 e. The fraction of sp³-hybridized carbons (Fsp3) is 0.409. The van der Waals surface area contributed by atoms with Crippen molar-refractivity contribution in [2.45, 2.75) is 51.4 Å². The van der Waals surface area contributed by atoms with Crippen LogP contribution in [0, 0.1) is 5.92 Å². The molecule has 2 amide bonds. The fourth-order valence-electron chi connectivity index (χ4n) is 3.82. The maximum atomic E-state index is 12.2. The summed E-state index contributed by atoms with van der Waals surface area (Å²) in [6.07, 6.45) is 7.91. The van der Waals surface area contributed by atoms with Crippen LogP contribution in [-0.2, 0) is 16.0 Å². The molecule has 1 aliphatic carbocycles. The number of hydrogen-bond donors (Lipinski definition) is 3. The molecule has 1 aliphatic rings.